The Morgan fingerprint density at radius 1 is 1.56 bits per heavy atom. The van der Waals surface area contributed by atoms with Crippen LogP contribution >= 0.6 is 0 Å². The fourth-order valence-electron chi connectivity index (χ4n) is 2.22. The van der Waals surface area contributed by atoms with Crippen LogP contribution in [0.2, 0.25) is 0 Å². The van der Waals surface area contributed by atoms with Gasteiger partial charge >= 0.3 is 0 Å². The normalized spacial score (nSPS) is 27.5. The molecular weight excluding hydrogens is 200 g/mol. The van der Waals surface area contributed by atoms with E-state index in [9.17, 15) is 0 Å². The molecule has 16 heavy (non-hydrogen) atoms. The first-order valence-corrected chi connectivity index (χ1v) is 6.16. The molecule has 2 atom stereocenters. The molecule has 1 N–H and O–H groups in total. The summed E-state index contributed by atoms with van der Waals surface area (Å²) in [6.45, 7) is 9.94. The lowest BCUT2D eigenvalue weighted by atomic mass is 10.00. The second-order valence-corrected chi connectivity index (χ2v) is 5.12. The van der Waals surface area contributed by atoms with E-state index in [4.69, 9.17) is 4.42 Å². The molecule has 0 amide bonds. The molecule has 0 saturated carbocycles. The van der Waals surface area contributed by atoms with Gasteiger partial charge in [-0.25, -0.2) is 0 Å². The van der Waals surface area contributed by atoms with E-state index in [2.05, 4.69) is 37.1 Å². The highest BCUT2D eigenvalue weighted by Crippen LogP contribution is 2.16. The summed E-state index contributed by atoms with van der Waals surface area (Å²) in [6, 6.07) is 5.20. The quantitative estimate of drug-likeness (QED) is 0.849. The van der Waals surface area contributed by atoms with Gasteiger partial charge < -0.3 is 9.73 Å². The van der Waals surface area contributed by atoms with E-state index in [1.165, 1.54) is 0 Å². The second-order valence-electron chi connectivity index (χ2n) is 5.12. The molecule has 0 radical (unpaired) electrons. The van der Waals surface area contributed by atoms with Gasteiger partial charge in [-0.1, -0.05) is 13.8 Å². The first-order chi connectivity index (χ1) is 7.66. The Kier molecular flexibility index (Phi) is 3.66. The number of nitrogens with one attached hydrogen (secondary N) is 1. The molecule has 0 bridgehead atoms. The number of piperazine rings is 1. The van der Waals surface area contributed by atoms with Gasteiger partial charge in [0.15, 0.2) is 0 Å². The van der Waals surface area contributed by atoms with Crippen LogP contribution in [0, 0.1) is 5.92 Å². The van der Waals surface area contributed by atoms with Crippen molar-refractivity contribution in [2.45, 2.75) is 39.4 Å². The molecule has 3 heteroatoms. The van der Waals surface area contributed by atoms with Crippen LogP contribution in [-0.4, -0.2) is 30.1 Å². The van der Waals surface area contributed by atoms with Crippen LogP contribution < -0.4 is 5.32 Å². The van der Waals surface area contributed by atoms with E-state index in [-0.39, 0.29) is 0 Å². The van der Waals surface area contributed by atoms with Crippen LogP contribution in [0.3, 0.4) is 0 Å². The van der Waals surface area contributed by atoms with Gasteiger partial charge in [-0.3, -0.25) is 4.90 Å². The highest BCUT2D eigenvalue weighted by atomic mass is 16.3. The Morgan fingerprint density at radius 3 is 3.00 bits per heavy atom. The van der Waals surface area contributed by atoms with Crippen LogP contribution in [0.15, 0.2) is 22.8 Å². The molecule has 90 valence electrons. The molecule has 1 aliphatic heterocycles. The lowest BCUT2D eigenvalue weighted by molar-refractivity contribution is 0.108. The van der Waals surface area contributed by atoms with Crippen molar-refractivity contribution in [3.8, 4) is 0 Å². The van der Waals surface area contributed by atoms with E-state index in [1.54, 1.807) is 6.26 Å². The molecule has 0 aliphatic carbocycles. The highest BCUT2D eigenvalue weighted by Gasteiger charge is 2.26. The van der Waals surface area contributed by atoms with Crippen LogP contribution in [-0.2, 0) is 6.54 Å². The average Bonchev–Trinajstić information content (AvgIpc) is 2.73. The Bertz CT molecular complexity index is 308. The van der Waals surface area contributed by atoms with Crippen LogP contribution in [0.25, 0.3) is 0 Å². The van der Waals surface area contributed by atoms with E-state index in [0.29, 0.717) is 18.0 Å². The lowest BCUT2D eigenvalue weighted by Crippen LogP contribution is -2.56. The van der Waals surface area contributed by atoms with E-state index >= 15 is 0 Å². The van der Waals surface area contributed by atoms with E-state index < -0.39 is 0 Å². The summed E-state index contributed by atoms with van der Waals surface area (Å²) in [7, 11) is 0. The van der Waals surface area contributed by atoms with E-state index in [1.807, 2.05) is 6.07 Å². The van der Waals surface area contributed by atoms with Crippen molar-refractivity contribution < 1.29 is 4.42 Å². The Labute approximate surface area is 97.8 Å². The predicted octanol–water partition coefficient (Wildman–Crippen LogP) is 2.10. The molecule has 0 spiro atoms. The number of rotatable bonds is 3. The van der Waals surface area contributed by atoms with Crippen LogP contribution in [0.4, 0.5) is 0 Å². The summed E-state index contributed by atoms with van der Waals surface area (Å²) in [5, 5.41) is 3.61. The number of nitrogens with zero attached hydrogens (tertiary/aromatic N) is 1. The molecular formula is C13H22N2O. The molecule has 1 aliphatic rings. The van der Waals surface area contributed by atoms with E-state index in [0.717, 1.165) is 25.4 Å². The number of hydrogen-bond donors (Lipinski definition) is 1. The topological polar surface area (TPSA) is 28.4 Å². The fraction of sp³-hybridized carbons (Fsp3) is 0.692. The minimum atomic E-state index is 0.583. The van der Waals surface area contributed by atoms with Gasteiger partial charge in [0.1, 0.15) is 5.76 Å². The van der Waals surface area contributed by atoms with Gasteiger partial charge in [0.25, 0.3) is 0 Å². The highest BCUT2D eigenvalue weighted by molar-refractivity contribution is 4.99. The smallest absolute Gasteiger partial charge is 0.117 e. The van der Waals surface area contributed by atoms with Crippen LogP contribution in [0.1, 0.15) is 26.5 Å². The first kappa shape index (κ1) is 11.7. The molecule has 1 aromatic heterocycles. The minimum absolute atomic E-state index is 0.583. The summed E-state index contributed by atoms with van der Waals surface area (Å²) < 4.78 is 5.42. The van der Waals surface area contributed by atoms with Crippen molar-refractivity contribution in [1.29, 1.82) is 0 Å². The molecule has 3 nitrogen and oxygen atoms in total. The lowest BCUT2D eigenvalue weighted by Gasteiger charge is -2.40. The second kappa shape index (κ2) is 5.02. The summed E-state index contributed by atoms with van der Waals surface area (Å²) in [5.41, 5.74) is 0. The fourth-order valence-corrected chi connectivity index (χ4v) is 2.22. The minimum Gasteiger partial charge on any atom is -0.468 e. The largest absolute Gasteiger partial charge is 0.468 e. The van der Waals surface area contributed by atoms with Crippen molar-refractivity contribution in [2.24, 2.45) is 5.92 Å². The van der Waals surface area contributed by atoms with Crippen LogP contribution in [0.5, 0.6) is 0 Å². The SMILES string of the molecule is CC(C)C1CN(Cc2ccco2)C(C)CN1. The van der Waals surface area contributed by atoms with Crippen molar-refractivity contribution >= 4 is 0 Å². The standard InChI is InChI=1S/C13H22N2O/c1-10(2)13-9-15(11(3)7-14-13)8-12-5-4-6-16-12/h4-6,10-11,13-14H,7-9H2,1-3H3. The van der Waals surface area contributed by atoms with Gasteiger partial charge in [0.05, 0.1) is 12.8 Å². The van der Waals surface area contributed by atoms with Gasteiger partial charge in [0.2, 0.25) is 0 Å². The number of hydrogen-bond acceptors (Lipinski definition) is 3. The van der Waals surface area contributed by atoms with Gasteiger partial charge in [-0.15, -0.1) is 0 Å². The zero-order valence-corrected chi connectivity index (χ0v) is 10.4. The summed E-state index contributed by atoms with van der Waals surface area (Å²) >= 11 is 0. The molecule has 1 saturated heterocycles. The average molecular weight is 222 g/mol. The summed E-state index contributed by atoms with van der Waals surface area (Å²) in [6.07, 6.45) is 1.75. The monoisotopic (exact) mass is 222 g/mol. The molecule has 1 aromatic rings. The van der Waals surface area contributed by atoms with Gasteiger partial charge in [-0.2, -0.15) is 0 Å². The zero-order valence-electron chi connectivity index (χ0n) is 10.4. The Morgan fingerprint density at radius 2 is 2.38 bits per heavy atom. The molecule has 2 rings (SSSR count). The van der Waals surface area contributed by atoms with Crippen molar-refractivity contribution in [2.75, 3.05) is 13.1 Å². The van der Waals surface area contributed by atoms with Gasteiger partial charge in [0, 0.05) is 25.2 Å². The maximum Gasteiger partial charge on any atom is 0.117 e. The van der Waals surface area contributed by atoms with Crippen molar-refractivity contribution in [3.63, 3.8) is 0 Å². The first-order valence-electron chi connectivity index (χ1n) is 6.16. The third-order valence-electron chi connectivity index (χ3n) is 3.47. The maximum absolute atomic E-state index is 5.42. The molecule has 0 aromatic carbocycles. The third-order valence-corrected chi connectivity index (χ3v) is 3.47. The maximum atomic E-state index is 5.42. The third kappa shape index (κ3) is 2.66. The Hall–Kier alpha value is -0.800. The molecule has 2 unspecified atom stereocenters. The van der Waals surface area contributed by atoms with Crippen molar-refractivity contribution in [1.82, 2.24) is 10.2 Å². The van der Waals surface area contributed by atoms with Crippen molar-refractivity contribution in [3.05, 3.63) is 24.2 Å². The summed E-state index contributed by atoms with van der Waals surface area (Å²) in [5.74, 6) is 1.75. The number of furan rings is 1. The molecule has 1 fully saturated rings. The summed E-state index contributed by atoms with van der Waals surface area (Å²) in [4.78, 5) is 2.50. The Balaban J connectivity index is 1.96. The van der Waals surface area contributed by atoms with Gasteiger partial charge in [-0.05, 0) is 25.0 Å². The predicted molar refractivity (Wildman–Crippen MR) is 65.2 cm³/mol. The zero-order chi connectivity index (χ0) is 11.5. The molecule has 2 heterocycles.